The van der Waals surface area contributed by atoms with Gasteiger partial charge in [-0.25, -0.2) is 0 Å². The summed E-state index contributed by atoms with van der Waals surface area (Å²) >= 11 is 4.80. The lowest BCUT2D eigenvalue weighted by Crippen LogP contribution is -2.15. The molecule has 1 aliphatic rings. The fraction of sp³-hybridized carbons (Fsp3) is 0.308. The van der Waals surface area contributed by atoms with E-state index < -0.39 is 0 Å². The Labute approximate surface area is 229 Å². The highest BCUT2D eigenvalue weighted by molar-refractivity contribution is 8.01. The number of aryl methyl sites for hydroxylation is 2. The van der Waals surface area contributed by atoms with Crippen LogP contribution >= 0.6 is 34.4 Å². The Bertz CT molecular complexity index is 1420. The van der Waals surface area contributed by atoms with Crippen LogP contribution in [0.2, 0.25) is 0 Å². The standard InChI is InChI=1S/C26H28N8S3/c1-4-35-26-33-32-25(37-26)31-29-22-10-7-19(15-18(22)3)27-21-9-8-20(16-17(21)2)28-30-23-11-12-24(36-23)34-13-5-6-14-34/h7-12,15-16,27H,4-6,13-14H2,1-3H3. The second-order valence-electron chi connectivity index (χ2n) is 8.62. The van der Waals surface area contributed by atoms with E-state index in [1.54, 1.807) is 23.1 Å². The minimum atomic E-state index is 0.566. The molecule has 2 aromatic carbocycles. The average Bonchev–Trinajstić information content (AvgIpc) is 3.66. The van der Waals surface area contributed by atoms with Gasteiger partial charge in [-0.1, -0.05) is 41.4 Å². The van der Waals surface area contributed by atoms with Crippen LogP contribution < -0.4 is 10.2 Å². The summed E-state index contributed by atoms with van der Waals surface area (Å²) in [5.41, 5.74) is 5.77. The molecule has 0 atom stereocenters. The fourth-order valence-corrected chi connectivity index (χ4v) is 6.40. The zero-order chi connectivity index (χ0) is 25.6. The van der Waals surface area contributed by atoms with E-state index in [1.807, 2.05) is 43.3 Å². The molecule has 1 N–H and O–H groups in total. The van der Waals surface area contributed by atoms with Crippen molar-refractivity contribution in [3.05, 3.63) is 59.7 Å². The number of nitrogens with one attached hydrogen (secondary N) is 1. The number of thiophene rings is 1. The lowest BCUT2D eigenvalue weighted by Gasteiger charge is -2.13. The summed E-state index contributed by atoms with van der Waals surface area (Å²) in [6.07, 6.45) is 2.54. The lowest BCUT2D eigenvalue weighted by molar-refractivity contribution is 0.949. The number of rotatable bonds is 9. The summed E-state index contributed by atoms with van der Waals surface area (Å²) in [4.78, 5) is 2.42. The zero-order valence-electron chi connectivity index (χ0n) is 21.0. The van der Waals surface area contributed by atoms with E-state index in [0.29, 0.717) is 5.13 Å². The van der Waals surface area contributed by atoms with Gasteiger partial charge in [0.15, 0.2) is 4.34 Å². The fourth-order valence-electron chi connectivity index (χ4n) is 3.96. The number of anilines is 3. The lowest BCUT2D eigenvalue weighted by atomic mass is 10.1. The van der Waals surface area contributed by atoms with Crippen LogP contribution in [0.5, 0.6) is 0 Å². The number of benzene rings is 2. The van der Waals surface area contributed by atoms with Crippen molar-refractivity contribution >= 4 is 72.3 Å². The highest BCUT2D eigenvalue weighted by Crippen LogP contribution is 2.35. The Kier molecular flexibility index (Phi) is 8.22. The summed E-state index contributed by atoms with van der Waals surface area (Å²) in [5.74, 6) is 0.959. The van der Waals surface area contributed by atoms with Gasteiger partial charge in [0, 0.05) is 24.5 Å². The van der Waals surface area contributed by atoms with Crippen LogP contribution in [0.4, 0.5) is 37.9 Å². The molecule has 1 fully saturated rings. The first-order valence-electron chi connectivity index (χ1n) is 12.2. The summed E-state index contributed by atoms with van der Waals surface area (Å²) < 4.78 is 0.911. The first-order valence-corrected chi connectivity index (χ1v) is 14.8. The van der Waals surface area contributed by atoms with Crippen molar-refractivity contribution in [2.24, 2.45) is 20.5 Å². The highest BCUT2D eigenvalue weighted by atomic mass is 32.2. The van der Waals surface area contributed by atoms with Gasteiger partial charge in [0.25, 0.3) is 5.13 Å². The van der Waals surface area contributed by atoms with Gasteiger partial charge in [-0.15, -0.1) is 30.7 Å². The number of aromatic nitrogens is 2. The van der Waals surface area contributed by atoms with Crippen molar-refractivity contribution in [2.45, 2.75) is 38.0 Å². The quantitative estimate of drug-likeness (QED) is 0.166. The maximum Gasteiger partial charge on any atom is 0.252 e. The minimum Gasteiger partial charge on any atom is -0.363 e. The van der Waals surface area contributed by atoms with Gasteiger partial charge < -0.3 is 10.2 Å². The molecule has 2 aromatic heterocycles. The van der Waals surface area contributed by atoms with Gasteiger partial charge >= 0.3 is 0 Å². The molecular weight excluding hydrogens is 521 g/mol. The van der Waals surface area contributed by atoms with Gasteiger partial charge in [0.2, 0.25) is 0 Å². The smallest absolute Gasteiger partial charge is 0.252 e. The van der Waals surface area contributed by atoms with E-state index in [2.05, 4.69) is 66.9 Å². The molecule has 0 unspecified atom stereocenters. The molecule has 4 aromatic rings. The van der Waals surface area contributed by atoms with E-state index in [1.165, 1.54) is 29.2 Å². The second-order valence-corrected chi connectivity index (χ2v) is 12.1. The van der Waals surface area contributed by atoms with Crippen LogP contribution in [0.3, 0.4) is 0 Å². The maximum absolute atomic E-state index is 4.46. The molecule has 37 heavy (non-hydrogen) atoms. The number of hydrogen-bond donors (Lipinski definition) is 1. The molecule has 1 saturated heterocycles. The first kappa shape index (κ1) is 25.5. The zero-order valence-corrected chi connectivity index (χ0v) is 23.5. The summed E-state index contributed by atoms with van der Waals surface area (Å²) in [5, 5.41) is 32.0. The number of nitrogens with zero attached hydrogens (tertiary/aromatic N) is 7. The van der Waals surface area contributed by atoms with Crippen LogP contribution in [0.25, 0.3) is 0 Å². The van der Waals surface area contributed by atoms with Crippen molar-refractivity contribution in [1.29, 1.82) is 0 Å². The van der Waals surface area contributed by atoms with Crippen LogP contribution in [-0.4, -0.2) is 29.0 Å². The molecule has 5 rings (SSSR count). The van der Waals surface area contributed by atoms with Crippen molar-refractivity contribution in [3.63, 3.8) is 0 Å². The van der Waals surface area contributed by atoms with Crippen LogP contribution in [-0.2, 0) is 0 Å². The van der Waals surface area contributed by atoms with Crippen LogP contribution in [0.1, 0.15) is 30.9 Å². The maximum atomic E-state index is 4.46. The topological polar surface area (TPSA) is 90.5 Å². The monoisotopic (exact) mass is 548 g/mol. The third-order valence-corrected chi connectivity index (χ3v) is 8.71. The van der Waals surface area contributed by atoms with Crippen LogP contribution in [0, 0.1) is 13.8 Å². The van der Waals surface area contributed by atoms with Gasteiger partial charge in [-0.3, -0.25) is 0 Å². The molecule has 11 heteroatoms. The molecule has 3 heterocycles. The predicted molar refractivity (Wildman–Crippen MR) is 156 cm³/mol. The number of thioether (sulfide) groups is 1. The van der Waals surface area contributed by atoms with Crippen molar-refractivity contribution in [1.82, 2.24) is 10.2 Å². The second kappa shape index (κ2) is 11.9. The van der Waals surface area contributed by atoms with Gasteiger partial charge in [-0.2, -0.15) is 0 Å². The normalized spacial score (nSPS) is 13.9. The third-order valence-electron chi connectivity index (χ3n) is 5.85. The van der Waals surface area contributed by atoms with E-state index in [9.17, 15) is 0 Å². The highest BCUT2D eigenvalue weighted by Gasteiger charge is 2.14. The molecule has 0 bridgehead atoms. The van der Waals surface area contributed by atoms with Crippen LogP contribution in [0.15, 0.2) is 73.3 Å². The largest absolute Gasteiger partial charge is 0.363 e. The Morgan fingerprint density at radius 1 is 0.892 bits per heavy atom. The van der Waals surface area contributed by atoms with E-state index in [4.69, 9.17) is 0 Å². The van der Waals surface area contributed by atoms with Crippen molar-refractivity contribution in [3.8, 4) is 0 Å². The molecule has 0 spiro atoms. The Morgan fingerprint density at radius 2 is 1.76 bits per heavy atom. The third kappa shape index (κ3) is 6.60. The molecular formula is C26H28N8S3. The molecule has 1 aliphatic heterocycles. The molecule has 190 valence electrons. The SMILES string of the molecule is CCSc1nnc(N=Nc2ccc(Nc3ccc(N=Nc4ccc(N5CCCC5)s4)cc3C)cc2C)s1. The molecule has 0 saturated carbocycles. The first-order chi connectivity index (χ1) is 18.1. The van der Waals surface area contributed by atoms with Gasteiger partial charge in [-0.05, 0) is 92.1 Å². The summed E-state index contributed by atoms with van der Waals surface area (Å²) in [7, 11) is 0. The van der Waals surface area contributed by atoms with Gasteiger partial charge in [0.1, 0.15) is 5.00 Å². The van der Waals surface area contributed by atoms with Crippen molar-refractivity contribution in [2.75, 3.05) is 29.1 Å². The molecule has 8 nitrogen and oxygen atoms in total. The summed E-state index contributed by atoms with van der Waals surface area (Å²) in [6.45, 7) is 8.46. The van der Waals surface area contributed by atoms with E-state index in [0.717, 1.165) is 62.1 Å². The van der Waals surface area contributed by atoms with Crippen molar-refractivity contribution < 1.29 is 0 Å². The molecule has 0 amide bonds. The number of hydrogen-bond acceptors (Lipinski definition) is 11. The summed E-state index contributed by atoms with van der Waals surface area (Å²) in [6, 6.07) is 16.3. The molecule has 0 radical (unpaired) electrons. The van der Waals surface area contributed by atoms with E-state index >= 15 is 0 Å². The Balaban J connectivity index is 1.21. The van der Waals surface area contributed by atoms with E-state index in [-0.39, 0.29) is 0 Å². The molecule has 0 aliphatic carbocycles. The minimum absolute atomic E-state index is 0.566. The van der Waals surface area contributed by atoms with Gasteiger partial charge in [0.05, 0.1) is 16.4 Å². The average molecular weight is 549 g/mol. The predicted octanol–water partition coefficient (Wildman–Crippen LogP) is 9.50. The Hall–Kier alpha value is -3.15. The Morgan fingerprint density at radius 3 is 2.54 bits per heavy atom. The number of azo groups is 2.